The molecule has 0 aromatic heterocycles. The molecular weight excluding hydrogens is 418 g/mol. The molecule has 10 heteroatoms. The molecule has 1 aliphatic heterocycles. The van der Waals surface area contributed by atoms with E-state index in [1.54, 1.807) is 27.1 Å². The van der Waals surface area contributed by atoms with Crippen LogP contribution in [-0.2, 0) is 10.2 Å². The third-order valence-corrected chi connectivity index (χ3v) is 5.30. The summed E-state index contributed by atoms with van der Waals surface area (Å²) in [5.74, 6) is -0.861. The number of amidine groups is 2. The van der Waals surface area contributed by atoms with Crippen molar-refractivity contribution in [1.82, 2.24) is 9.62 Å². The van der Waals surface area contributed by atoms with Crippen LogP contribution in [0.5, 0.6) is 5.75 Å². The Morgan fingerprint density at radius 1 is 1.19 bits per heavy atom. The number of amides is 1. The Hall–Kier alpha value is -3.66. The molecule has 1 atom stereocenters. The fourth-order valence-corrected chi connectivity index (χ4v) is 3.76. The van der Waals surface area contributed by atoms with Crippen LogP contribution < -0.4 is 10.0 Å². The van der Waals surface area contributed by atoms with Gasteiger partial charge in [0, 0.05) is 14.1 Å². The van der Waals surface area contributed by atoms with Gasteiger partial charge in [0.15, 0.2) is 17.4 Å². The molecule has 0 radical (unpaired) electrons. The van der Waals surface area contributed by atoms with E-state index in [2.05, 4.69) is 26.0 Å². The van der Waals surface area contributed by atoms with Gasteiger partial charge in [0.05, 0.1) is 17.3 Å². The highest BCUT2D eigenvalue weighted by Crippen LogP contribution is 2.29. The van der Waals surface area contributed by atoms with Crippen molar-refractivity contribution >= 4 is 33.5 Å². The first-order valence-electron chi connectivity index (χ1n) is 9.31. The molecule has 0 bridgehead atoms. The number of aromatic hydroxyl groups is 1. The summed E-state index contributed by atoms with van der Waals surface area (Å²) in [6, 6.07) is 13.3. The van der Waals surface area contributed by atoms with E-state index in [4.69, 9.17) is 0 Å². The lowest BCUT2D eigenvalue weighted by Crippen LogP contribution is -2.31. The molecule has 0 saturated heterocycles. The van der Waals surface area contributed by atoms with Crippen LogP contribution in [0.15, 0.2) is 70.1 Å². The van der Waals surface area contributed by atoms with Crippen LogP contribution in [0.25, 0.3) is 0 Å². The van der Waals surface area contributed by atoms with Crippen LogP contribution >= 0.6 is 0 Å². The lowest BCUT2D eigenvalue weighted by atomic mass is 10.0. The number of phenolic OH excluding ortho intramolecular Hbond substituents is 1. The van der Waals surface area contributed by atoms with Gasteiger partial charge in [0.1, 0.15) is 0 Å². The summed E-state index contributed by atoms with van der Waals surface area (Å²) in [6.45, 7) is 5.74. The largest absolute Gasteiger partial charge is 0.505 e. The minimum absolute atomic E-state index is 0.0272. The van der Waals surface area contributed by atoms with Crippen molar-refractivity contribution in [2.45, 2.75) is 13.0 Å². The van der Waals surface area contributed by atoms with Gasteiger partial charge < -0.3 is 15.3 Å². The average Bonchev–Trinajstić information content (AvgIpc) is 3.00. The fraction of sp³-hybridized carbons (Fsp3) is 0.190. The molecular formula is C21H23N5O4S. The highest BCUT2D eigenvalue weighted by Gasteiger charge is 2.29. The summed E-state index contributed by atoms with van der Waals surface area (Å²) < 4.78 is 30.2. The summed E-state index contributed by atoms with van der Waals surface area (Å²) >= 11 is 0. The molecule has 0 aliphatic carbocycles. The quantitative estimate of drug-likeness (QED) is 0.486. The molecule has 1 amide bonds. The van der Waals surface area contributed by atoms with Gasteiger partial charge in [0.25, 0.3) is 5.91 Å². The zero-order valence-corrected chi connectivity index (χ0v) is 18.1. The third kappa shape index (κ3) is 4.92. The first-order valence-corrected chi connectivity index (χ1v) is 10.7. The Balaban J connectivity index is 2.00. The molecule has 3 rings (SSSR count). The summed E-state index contributed by atoms with van der Waals surface area (Å²) in [6.07, 6.45) is 0. The van der Waals surface area contributed by atoms with Gasteiger partial charge in [-0.15, -0.1) is 4.40 Å². The normalized spacial score (nSPS) is 16.9. The monoisotopic (exact) mass is 441 g/mol. The first kappa shape index (κ1) is 22.0. The van der Waals surface area contributed by atoms with Crippen LogP contribution in [0.3, 0.4) is 0 Å². The van der Waals surface area contributed by atoms with Crippen molar-refractivity contribution in [3.05, 3.63) is 71.8 Å². The predicted octanol–water partition coefficient (Wildman–Crippen LogP) is 2.47. The number of anilines is 1. The number of phenols is 1. The van der Waals surface area contributed by atoms with E-state index in [1.807, 2.05) is 30.3 Å². The standard InChI is InChI=1S/C21H23N5O4S/c1-13(2)17(14-9-6-5-7-10-14)23-20-19(24-31(29,30)25-20)22-16-12-8-11-15(18(16)27)21(28)26(3)4/h5-12,17,27H,1H2,2-4H3,(H,22,24)(H,23,25)/t17-/m1/s1. The summed E-state index contributed by atoms with van der Waals surface area (Å²) in [7, 11) is -0.891. The number of carbonyl (C=O) groups excluding carboxylic acids is 1. The first-order chi connectivity index (χ1) is 14.6. The van der Waals surface area contributed by atoms with Crippen LogP contribution in [0, 0.1) is 0 Å². The number of hydrogen-bond donors (Lipinski definition) is 3. The van der Waals surface area contributed by atoms with Crippen LogP contribution in [0.4, 0.5) is 5.69 Å². The summed E-state index contributed by atoms with van der Waals surface area (Å²) in [4.78, 5) is 18.1. The highest BCUT2D eigenvalue weighted by molar-refractivity contribution is 7.89. The summed E-state index contributed by atoms with van der Waals surface area (Å²) in [5.41, 5.74) is 1.71. The van der Waals surface area contributed by atoms with E-state index in [0.29, 0.717) is 5.57 Å². The minimum Gasteiger partial charge on any atom is -0.505 e. The summed E-state index contributed by atoms with van der Waals surface area (Å²) in [5, 5.41) is 13.3. The molecule has 1 aliphatic rings. The zero-order chi connectivity index (χ0) is 22.8. The maximum Gasteiger partial charge on any atom is 0.345 e. The molecule has 0 fully saturated rings. The fourth-order valence-electron chi connectivity index (χ4n) is 2.95. The Kier molecular flexibility index (Phi) is 6.11. The number of para-hydroxylation sites is 1. The second kappa shape index (κ2) is 8.60. The zero-order valence-electron chi connectivity index (χ0n) is 17.3. The number of carbonyl (C=O) groups is 1. The number of nitrogens with zero attached hydrogens (tertiary/aromatic N) is 3. The molecule has 2 aromatic rings. The molecule has 0 unspecified atom stereocenters. The third-order valence-electron chi connectivity index (χ3n) is 4.43. The topological polar surface area (TPSA) is 123 Å². The van der Waals surface area contributed by atoms with Crippen molar-refractivity contribution in [3.63, 3.8) is 0 Å². The number of hydrogen-bond acceptors (Lipinski definition) is 6. The van der Waals surface area contributed by atoms with Crippen LogP contribution in [-0.4, -0.2) is 50.1 Å². The van der Waals surface area contributed by atoms with Crippen LogP contribution in [0.1, 0.15) is 28.9 Å². The Labute approximate surface area is 181 Å². The van der Waals surface area contributed by atoms with E-state index < -0.39 is 22.2 Å². The number of benzene rings is 2. The van der Waals surface area contributed by atoms with E-state index >= 15 is 0 Å². The highest BCUT2D eigenvalue weighted by atomic mass is 32.2. The average molecular weight is 442 g/mol. The second-order valence-electron chi connectivity index (χ2n) is 7.18. The van der Waals surface area contributed by atoms with Gasteiger partial charge >= 0.3 is 10.2 Å². The van der Waals surface area contributed by atoms with E-state index in [0.717, 1.165) is 5.56 Å². The van der Waals surface area contributed by atoms with Crippen molar-refractivity contribution < 1.29 is 18.3 Å². The molecule has 0 spiro atoms. The molecule has 162 valence electrons. The Morgan fingerprint density at radius 2 is 1.87 bits per heavy atom. The van der Waals surface area contributed by atoms with Crippen molar-refractivity contribution in [2.24, 2.45) is 9.39 Å². The number of nitrogens with one attached hydrogen (secondary N) is 2. The maximum atomic E-state index is 12.3. The molecule has 1 heterocycles. The number of aliphatic imine (C=N–C) groups is 1. The van der Waals surface area contributed by atoms with Crippen molar-refractivity contribution in [2.75, 3.05) is 19.4 Å². The lowest BCUT2D eigenvalue weighted by molar-refractivity contribution is 0.0824. The number of rotatable bonds is 5. The molecule has 31 heavy (non-hydrogen) atoms. The van der Waals surface area contributed by atoms with E-state index in [-0.39, 0.29) is 28.7 Å². The van der Waals surface area contributed by atoms with Gasteiger partial charge in [-0.2, -0.15) is 8.42 Å². The molecule has 0 saturated carbocycles. The maximum absolute atomic E-state index is 12.3. The van der Waals surface area contributed by atoms with E-state index in [9.17, 15) is 18.3 Å². The van der Waals surface area contributed by atoms with Gasteiger partial charge in [-0.3, -0.25) is 9.79 Å². The minimum atomic E-state index is -4.01. The van der Waals surface area contributed by atoms with E-state index in [1.165, 1.54) is 17.0 Å². The second-order valence-corrected chi connectivity index (χ2v) is 8.52. The Bertz CT molecular complexity index is 1190. The van der Waals surface area contributed by atoms with Gasteiger partial charge in [-0.1, -0.05) is 48.6 Å². The molecule has 9 nitrogen and oxygen atoms in total. The van der Waals surface area contributed by atoms with Gasteiger partial charge in [-0.05, 0) is 24.6 Å². The molecule has 3 N–H and O–H groups in total. The van der Waals surface area contributed by atoms with Crippen molar-refractivity contribution in [1.29, 1.82) is 0 Å². The Morgan fingerprint density at radius 3 is 2.48 bits per heavy atom. The smallest absolute Gasteiger partial charge is 0.345 e. The van der Waals surface area contributed by atoms with Crippen LogP contribution in [0.2, 0.25) is 0 Å². The van der Waals surface area contributed by atoms with Crippen molar-refractivity contribution in [3.8, 4) is 5.75 Å². The SMILES string of the molecule is C=C(C)[C@@H](N=C1NS(=O)(=O)N=C1Nc1cccc(C(=O)N(C)C)c1O)c1ccccc1. The molecule has 2 aromatic carbocycles. The van der Waals surface area contributed by atoms with Gasteiger partial charge in [-0.25, -0.2) is 4.72 Å². The van der Waals surface area contributed by atoms with Gasteiger partial charge in [0.2, 0.25) is 0 Å². The lowest BCUT2D eigenvalue weighted by Gasteiger charge is -2.16. The predicted molar refractivity (Wildman–Crippen MR) is 121 cm³/mol.